The third kappa shape index (κ3) is 2.88. The highest BCUT2D eigenvalue weighted by Crippen LogP contribution is 2.24. The van der Waals surface area contributed by atoms with Crippen LogP contribution in [0, 0.1) is 0 Å². The summed E-state index contributed by atoms with van der Waals surface area (Å²) in [5, 5.41) is 10.3. The fourth-order valence-electron chi connectivity index (χ4n) is 3.68. The van der Waals surface area contributed by atoms with Crippen molar-refractivity contribution >= 4 is 16.9 Å². The number of rotatable bonds is 6. The number of aromatic nitrogens is 4. The fraction of sp³-hybridized carbons (Fsp3) is 0.421. The molecule has 4 rings (SSSR count). The lowest BCUT2D eigenvalue weighted by molar-refractivity contribution is 0.0931. The Bertz CT molecular complexity index is 943. The Balaban J connectivity index is 1.61. The van der Waals surface area contributed by atoms with Gasteiger partial charge in [-0.1, -0.05) is 12.1 Å². The van der Waals surface area contributed by atoms with Gasteiger partial charge in [-0.05, 0) is 38.3 Å². The molecule has 1 aliphatic rings. The fourth-order valence-corrected chi connectivity index (χ4v) is 3.68. The van der Waals surface area contributed by atoms with Gasteiger partial charge >= 0.3 is 0 Å². The van der Waals surface area contributed by atoms with E-state index < -0.39 is 0 Å². The largest absolute Gasteiger partial charge is 0.383 e. The van der Waals surface area contributed by atoms with Crippen LogP contribution in [0.25, 0.3) is 11.0 Å². The highest BCUT2D eigenvalue weighted by molar-refractivity contribution is 5.94. The first-order valence-corrected chi connectivity index (χ1v) is 9.00. The van der Waals surface area contributed by atoms with E-state index in [0.29, 0.717) is 18.8 Å². The summed E-state index contributed by atoms with van der Waals surface area (Å²) >= 11 is 0. The minimum Gasteiger partial charge on any atom is -0.383 e. The number of carbonyl (C=O) groups is 1. The normalized spacial score (nSPS) is 14.5. The van der Waals surface area contributed by atoms with Crippen molar-refractivity contribution in [1.29, 1.82) is 0 Å². The molecule has 1 atom stereocenters. The molecule has 0 unspecified atom stereocenters. The molecule has 0 saturated carbocycles. The van der Waals surface area contributed by atoms with Crippen molar-refractivity contribution in [2.45, 2.75) is 38.8 Å². The second-order valence-corrected chi connectivity index (χ2v) is 6.68. The summed E-state index contributed by atoms with van der Waals surface area (Å²) in [4.78, 5) is 17.5. The maximum absolute atomic E-state index is 12.7. The van der Waals surface area contributed by atoms with Crippen molar-refractivity contribution in [2.75, 3.05) is 13.7 Å². The highest BCUT2D eigenvalue weighted by Gasteiger charge is 2.25. The first-order valence-electron chi connectivity index (χ1n) is 9.00. The van der Waals surface area contributed by atoms with E-state index >= 15 is 0 Å². The predicted molar refractivity (Wildman–Crippen MR) is 98.1 cm³/mol. The lowest BCUT2D eigenvalue weighted by Gasteiger charge is -2.16. The second kappa shape index (κ2) is 6.92. The lowest BCUT2D eigenvalue weighted by atomic mass is 10.2. The van der Waals surface area contributed by atoms with E-state index in [1.807, 2.05) is 31.2 Å². The molecule has 136 valence electrons. The van der Waals surface area contributed by atoms with E-state index in [4.69, 9.17) is 9.72 Å². The number of aryl methyl sites for hydroxylation is 1. The molecule has 0 fully saturated rings. The van der Waals surface area contributed by atoms with Gasteiger partial charge in [0.15, 0.2) is 5.69 Å². The number of aromatic amines is 1. The molecule has 2 aromatic heterocycles. The molecule has 0 aliphatic heterocycles. The molecule has 0 radical (unpaired) electrons. The Morgan fingerprint density at radius 3 is 3.08 bits per heavy atom. The van der Waals surface area contributed by atoms with Crippen molar-refractivity contribution in [3.63, 3.8) is 0 Å². The standard InChI is InChI=1S/C19H23N5O2/c1-12(20-19(25)17-13-6-5-8-14(13)22-23-17)18-21-15-7-3-4-9-16(15)24(18)10-11-26-2/h3-4,7,9,12H,5-6,8,10-11H2,1-2H3,(H,20,25)(H,22,23)/t12-/m1/s1. The number of benzene rings is 1. The molecule has 3 aromatic rings. The lowest BCUT2D eigenvalue weighted by Crippen LogP contribution is -2.30. The first kappa shape index (κ1) is 16.8. The number of imidazole rings is 1. The van der Waals surface area contributed by atoms with Gasteiger partial charge in [0, 0.05) is 24.9 Å². The van der Waals surface area contributed by atoms with Crippen LogP contribution in [-0.4, -0.2) is 39.4 Å². The monoisotopic (exact) mass is 353 g/mol. The Kier molecular flexibility index (Phi) is 4.46. The van der Waals surface area contributed by atoms with Gasteiger partial charge in [0.2, 0.25) is 0 Å². The van der Waals surface area contributed by atoms with Gasteiger partial charge in [0.25, 0.3) is 5.91 Å². The van der Waals surface area contributed by atoms with Crippen molar-refractivity contribution in [2.24, 2.45) is 0 Å². The van der Waals surface area contributed by atoms with Crippen LogP contribution in [0.4, 0.5) is 0 Å². The number of fused-ring (bicyclic) bond motifs is 2. The van der Waals surface area contributed by atoms with Crippen LogP contribution in [0.15, 0.2) is 24.3 Å². The van der Waals surface area contributed by atoms with Crippen molar-refractivity contribution in [3.8, 4) is 0 Å². The van der Waals surface area contributed by atoms with Crippen molar-refractivity contribution in [3.05, 3.63) is 47.0 Å². The molecule has 2 N–H and O–H groups in total. The van der Waals surface area contributed by atoms with Crippen LogP contribution in [0.3, 0.4) is 0 Å². The topological polar surface area (TPSA) is 84.8 Å². The zero-order valence-corrected chi connectivity index (χ0v) is 15.1. The summed E-state index contributed by atoms with van der Waals surface area (Å²) in [5.74, 6) is 0.672. The summed E-state index contributed by atoms with van der Waals surface area (Å²) in [6.07, 6.45) is 2.96. The van der Waals surface area contributed by atoms with Gasteiger partial charge in [-0.3, -0.25) is 9.89 Å². The third-order valence-corrected chi connectivity index (χ3v) is 4.96. The maximum Gasteiger partial charge on any atom is 0.272 e. The number of nitrogens with zero attached hydrogens (tertiary/aromatic N) is 3. The molecular weight excluding hydrogens is 330 g/mol. The number of para-hydroxylation sites is 2. The molecule has 1 aromatic carbocycles. The third-order valence-electron chi connectivity index (χ3n) is 4.96. The molecule has 0 bridgehead atoms. The smallest absolute Gasteiger partial charge is 0.272 e. The Labute approximate surface area is 151 Å². The van der Waals surface area contributed by atoms with Gasteiger partial charge < -0.3 is 14.6 Å². The average molecular weight is 353 g/mol. The summed E-state index contributed by atoms with van der Waals surface area (Å²) in [7, 11) is 1.68. The van der Waals surface area contributed by atoms with Gasteiger partial charge in [-0.2, -0.15) is 5.10 Å². The molecule has 0 saturated heterocycles. The minimum atomic E-state index is -0.236. The van der Waals surface area contributed by atoms with E-state index in [1.54, 1.807) is 7.11 Å². The van der Waals surface area contributed by atoms with Gasteiger partial charge in [0.1, 0.15) is 5.82 Å². The van der Waals surface area contributed by atoms with Gasteiger partial charge in [0.05, 0.1) is 23.7 Å². The minimum absolute atomic E-state index is 0.151. The number of amides is 1. The molecule has 1 amide bonds. The predicted octanol–water partition coefficient (Wildman–Crippen LogP) is 2.39. The molecule has 1 aliphatic carbocycles. The summed E-state index contributed by atoms with van der Waals surface area (Å²) in [6.45, 7) is 3.22. The summed E-state index contributed by atoms with van der Waals surface area (Å²) in [6, 6.07) is 7.75. The highest BCUT2D eigenvalue weighted by atomic mass is 16.5. The van der Waals surface area contributed by atoms with Crippen LogP contribution in [0.2, 0.25) is 0 Å². The van der Waals surface area contributed by atoms with Crippen LogP contribution in [0.1, 0.15) is 47.0 Å². The van der Waals surface area contributed by atoms with Gasteiger partial charge in [-0.25, -0.2) is 4.98 Å². The number of carbonyl (C=O) groups excluding carboxylic acids is 1. The number of hydrogen-bond donors (Lipinski definition) is 2. The summed E-state index contributed by atoms with van der Waals surface area (Å²) < 4.78 is 7.35. The molecular formula is C19H23N5O2. The quantitative estimate of drug-likeness (QED) is 0.712. The van der Waals surface area contributed by atoms with Gasteiger partial charge in [-0.15, -0.1) is 0 Å². The van der Waals surface area contributed by atoms with Crippen molar-refractivity contribution < 1.29 is 9.53 Å². The number of methoxy groups -OCH3 is 1. The van der Waals surface area contributed by atoms with Crippen LogP contribution < -0.4 is 5.32 Å². The number of H-pyrrole nitrogens is 1. The van der Waals surface area contributed by atoms with E-state index in [2.05, 4.69) is 20.1 Å². The van der Waals surface area contributed by atoms with Crippen molar-refractivity contribution in [1.82, 2.24) is 25.1 Å². The first-order chi connectivity index (χ1) is 12.7. The Morgan fingerprint density at radius 2 is 2.23 bits per heavy atom. The van der Waals surface area contributed by atoms with Crippen LogP contribution in [-0.2, 0) is 24.1 Å². The number of hydrogen-bond acceptors (Lipinski definition) is 4. The molecule has 7 nitrogen and oxygen atoms in total. The Morgan fingerprint density at radius 1 is 1.38 bits per heavy atom. The maximum atomic E-state index is 12.7. The molecule has 0 spiro atoms. The SMILES string of the molecule is COCCn1c([C@@H](C)NC(=O)c2n[nH]c3c2CCC3)nc2ccccc21. The summed E-state index contributed by atoms with van der Waals surface area (Å²) in [5.41, 5.74) is 4.63. The van der Waals surface area contributed by atoms with E-state index in [0.717, 1.165) is 47.4 Å². The Hall–Kier alpha value is -2.67. The zero-order valence-electron chi connectivity index (χ0n) is 15.1. The molecule has 7 heteroatoms. The van der Waals surface area contributed by atoms with Crippen LogP contribution in [0.5, 0.6) is 0 Å². The number of nitrogens with one attached hydrogen (secondary N) is 2. The zero-order chi connectivity index (χ0) is 18.1. The van der Waals surface area contributed by atoms with E-state index in [1.165, 1.54) is 0 Å². The molecule has 2 heterocycles. The average Bonchev–Trinajstić information content (AvgIpc) is 3.33. The van der Waals surface area contributed by atoms with E-state index in [9.17, 15) is 4.79 Å². The van der Waals surface area contributed by atoms with Crippen LogP contribution >= 0.6 is 0 Å². The molecule has 26 heavy (non-hydrogen) atoms. The number of ether oxygens (including phenoxy) is 1. The second-order valence-electron chi connectivity index (χ2n) is 6.68. The van der Waals surface area contributed by atoms with E-state index in [-0.39, 0.29) is 11.9 Å².